The number of halogens is 2. The van der Waals surface area contributed by atoms with Crippen LogP contribution in [0.3, 0.4) is 0 Å². The second-order valence-corrected chi connectivity index (χ2v) is 4.02. The molecule has 0 aliphatic rings. The number of nitrogens with zero attached hydrogens (tertiary/aromatic N) is 1. The van der Waals surface area contributed by atoms with Crippen LogP contribution < -0.4 is 4.74 Å². The van der Waals surface area contributed by atoms with Crippen molar-refractivity contribution >= 4 is 12.4 Å². The molecule has 3 aromatic rings. The molecule has 3 nitrogen and oxygen atoms in total. The van der Waals surface area contributed by atoms with Crippen LogP contribution >= 0.6 is 12.4 Å². The van der Waals surface area contributed by atoms with Crippen LogP contribution in [0.4, 0.5) is 4.39 Å². The predicted octanol–water partition coefficient (Wildman–Crippen LogP) is 4.43. The monoisotopic (exact) mass is 290 g/mol. The molecule has 20 heavy (non-hydrogen) atoms. The summed E-state index contributed by atoms with van der Waals surface area (Å²) in [4.78, 5) is 7.21. The Morgan fingerprint density at radius 2 is 1.50 bits per heavy atom. The first-order valence-electron chi connectivity index (χ1n) is 5.84. The lowest BCUT2D eigenvalue weighted by atomic mass is 10.2. The minimum Gasteiger partial charge on any atom is -0.457 e. The second kappa shape index (κ2) is 6.21. The maximum Gasteiger partial charge on any atom is 0.137 e. The first kappa shape index (κ1) is 14.1. The lowest BCUT2D eigenvalue weighted by Crippen LogP contribution is -1.85. The number of imidazole rings is 1. The fourth-order valence-electron chi connectivity index (χ4n) is 1.74. The van der Waals surface area contributed by atoms with Crippen molar-refractivity contribution in [3.05, 3.63) is 66.7 Å². The van der Waals surface area contributed by atoms with Gasteiger partial charge in [0.25, 0.3) is 0 Å². The van der Waals surface area contributed by atoms with Crippen molar-refractivity contribution in [3.8, 4) is 22.9 Å². The number of rotatable bonds is 3. The van der Waals surface area contributed by atoms with Gasteiger partial charge in [0.2, 0.25) is 0 Å². The molecule has 0 unspecified atom stereocenters. The molecule has 0 radical (unpaired) electrons. The van der Waals surface area contributed by atoms with Crippen LogP contribution in [0.5, 0.6) is 11.5 Å². The molecule has 3 rings (SSSR count). The smallest absolute Gasteiger partial charge is 0.137 e. The molecule has 5 heteroatoms. The van der Waals surface area contributed by atoms with Gasteiger partial charge in [-0.15, -0.1) is 12.4 Å². The summed E-state index contributed by atoms with van der Waals surface area (Å²) in [7, 11) is 0. The third kappa shape index (κ3) is 3.16. The van der Waals surface area contributed by atoms with Gasteiger partial charge >= 0.3 is 0 Å². The van der Waals surface area contributed by atoms with Crippen LogP contribution in [0.25, 0.3) is 11.4 Å². The number of aromatic nitrogens is 2. The van der Waals surface area contributed by atoms with E-state index in [-0.39, 0.29) is 18.2 Å². The summed E-state index contributed by atoms with van der Waals surface area (Å²) in [6, 6.07) is 13.4. The van der Waals surface area contributed by atoms with E-state index < -0.39 is 0 Å². The van der Waals surface area contributed by atoms with E-state index in [2.05, 4.69) is 9.97 Å². The molecule has 0 atom stereocenters. The standard InChI is InChI=1S/C15H11FN2O.ClH/c16-12-3-7-14(8-4-12)19-13-5-1-11(2-6-13)15-17-9-10-18-15;/h1-10H,(H,17,18);1H. The van der Waals surface area contributed by atoms with E-state index >= 15 is 0 Å². The molecule has 0 saturated heterocycles. The third-order valence-electron chi connectivity index (χ3n) is 2.68. The van der Waals surface area contributed by atoms with Crippen molar-refractivity contribution in [2.75, 3.05) is 0 Å². The molecular formula is C15H12ClFN2O. The van der Waals surface area contributed by atoms with Crippen molar-refractivity contribution in [2.45, 2.75) is 0 Å². The van der Waals surface area contributed by atoms with Crippen LogP contribution in [0.15, 0.2) is 60.9 Å². The molecule has 1 N–H and O–H groups in total. The summed E-state index contributed by atoms with van der Waals surface area (Å²) in [6.45, 7) is 0. The Morgan fingerprint density at radius 1 is 0.900 bits per heavy atom. The summed E-state index contributed by atoms with van der Waals surface area (Å²) in [5.74, 6) is 1.84. The Morgan fingerprint density at radius 3 is 2.05 bits per heavy atom. The van der Waals surface area contributed by atoms with Crippen molar-refractivity contribution in [3.63, 3.8) is 0 Å². The van der Waals surface area contributed by atoms with Gasteiger partial charge < -0.3 is 9.72 Å². The minimum absolute atomic E-state index is 0. The van der Waals surface area contributed by atoms with Crippen LogP contribution in [0, 0.1) is 5.82 Å². The highest BCUT2D eigenvalue weighted by molar-refractivity contribution is 5.85. The predicted molar refractivity (Wildman–Crippen MR) is 77.7 cm³/mol. The van der Waals surface area contributed by atoms with Gasteiger partial charge in [-0.25, -0.2) is 9.37 Å². The molecule has 0 bridgehead atoms. The Balaban J connectivity index is 0.00000147. The van der Waals surface area contributed by atoms with E-state index in [1.165, 1.54) is 12.1 Å². The van der Waals surface area contributed by atoms with Gasteiger partial charge in [-0.2, -0.15) is 0 Å². The molecule has 0 amide bonds. The van der Waals surface area contributed by atoms with E-state index in [9.17, 15) is 4.39 Å². The number of ether oxygens (including phenoxy) is 1. The number of nitrogens with one attached hydrogen (secondary N) is 1. The zero-order valence-electron chi connectivity index (χ0n) is 10.4. The molecule has 1 aromatic heterocycles. The summed E-state index contributed by atoms with van der Waals surface area (Å²) in [6.07, 6.45) is 3.48. The van der Waals surface area contributed by atoms with Gasteiger partial charge in [0.05, 0.1) is 0 Å². The highest BCUT2D eigenvalue weighted by atomic mass is 35.5. The van der Waals surface area contributed by atoms with Crippen molar-refractivity contribution in [2.24, 2.45) is 0 Å². The Hall–Kier alpha value is -2.33. The largest absolute Gasteiger partial charge is 0.457 e. The number of hydrogen-bond donors (Lipinski definition) is 1. The first-order chi connectivity index (χ1) is 9.31. The minimum atomic E-state index is -0.277. The zero-order chi connectivity index (χ0) is 13.1. The lowest BCUT2D eigenvalue weighted by molar-refractivity contribution is 0.480. The van der Waals surface area contributed by atoms with Crippen LogP contribution in [-0.2, 0) is 0 Å². The van der Waals surface area contributed by atoms with Crippen LogP contribution in [-0.4, -0.2) is 9.97 Å². The van der Waals surface area contributed by atoms with Crippen LogP contribution in [0.1, 0.15) is 0 Å². The average molecular weight is 291 g/mol. The van der Waals surface area contributed by atoms with Crippen molar-refractivity contribution < 1.29 is 9.13 Å². The van der Waals surface area contributed by atoms with Gasteiger partial charge in [0.15, 0.2) is 0 Å². The highest BCUT2D eigenvalue weighted by Gasteiger charge is 2.01. The van der Waals surface area contributed by atoms with E-state index in [0.717, 1.165) is 11.4 Å². The van der Waals surface area contributed by atoms with Crippen molar-refractivity contribution in [1.82, 2.24) is 9.97 Å². The maximum atomic E-state index is 12.8. The Kier molecular flexibility index (Phi) is 4.38. The molecular weight excluding hydrogens is 279 g/mol. The number of aromatic amines is 1. The second-order valence-electron chi connectivity index (χ2n) is 4.02. The third-order valence-corrected chi connectivity index (χ3v) is 2.68. The molecule has 0 aliphatic carbocycles. The first-order valence-corrected chi connectivity index (χ1v) is 5.84. The highest BCUT2D eigenvalue weighted by Crippen LogP contribution is 2.24. The zero-order valence-corrected chi connectivity index (χ0v) is 11.2. The average Bonchev–Trinajstić information content (AvgIpc) is 2.96. The molecule has 0 spiro atoms. The fourth-order valence-corrected chi connectivity index (χ4v) is 1.74. The summed E-state index contributed by atoms with van der Waals surface area (Å²) in [5, 5.41) is 0. The topological polar surface area (TPSA) is 37.9 Å². The SMILES string of the molecule is Cl.Fc1ccc(Oc2ccc(-c3ncc[nH]3)cc2)cc1. The molecule has 1 heterocycles. The van der Waals surface area contributed by atoms with Gasteiger partial charge in [-0.1, -0.05) is 0 Å². The molecule has 2 aromatic carbocycles. The van der Waals surface area contributed by atoms with Gasteiger partial charge in [0, 0.05) is 18.0 Å². The lowest BCUT2D eigenvalue weighted by Gasteiger charge is -2.06. The number of H-pyrrole nitrogens is 1. The quantitative estimate of drug-likeness (QED) is 0.775. The fraction of sp³-hybridized carbons (Fsp3) is 0. The molecule has 0 saturated carbocycles. The molecule has 102 valence electrons. The van der Waals surface area contributed by atoms with Gasteiger partial charge in [-0.05, 0) is 48.5 Å². The van der Waals surface area contributed by atoms with E-state index in [1.54, 1.807) is 24.5 Å². The maximum absolute atomic E-state index is 12.8. The van der Waals surface area contributed by atoms with Gasteiger partial charge in [0.1, 0.15) is 23.1 Å². The van der Waals surface area contributed by atoms with Crippen LogP contribution in [0.2, 0.25) is 0 Å². The van der Waals surface area contributed by atoms with E-state index in [4.69, 9.17) is 4.74 Å². The summed E-state index contributed by atoms with van der Waals surface area (Å²) < 4.78 is 18.4. The normalized spacial score (nSPS) is 9.85. The number of benzene rings is 2. The molecule has 0 fully saturated rings. The summed E-state index contributed by atoms with van der Waals surface area (Å²) >= 11 is 0. The molecule has 0 aliphatic heterocycles. The van der Waals surface area contributed by atoms with E-state index in [0.29, 0.717) is 11.5 Å². The Labute approximate surface area is 121 Å². The summed E-state index contributed by atoms with van der Waals surface area (Å²) in [5.41, 5.74) is 0.983. The van der Waals surface area contributed by atoms with Crippen molar-refractivity contribution in [1.29, 1.82) is 0 Å². The Bertz CT molecular complexity index is 651. The van der Waals surface area contributed by atoms with Gasteiger partial charge in [-0.3, -0.25) is 0 Å². The number of hydrogen-bond acceptors (Lipinski definition) is 2. The van der Waals surface area contributed by atoms with E-state index in [1.807, 2.05) is 24.3 Å².